The SMILES string of the molecule is Cc1nnnn1CCC(=O)N1CCC[C@@](CO)(CC2CC2)C1. The number of piperidine rings is 1. The standard InChI is InChI=1S/C15H25N5O2/c1-12-16-17-18-20(12)8-5-14(22)19-7-2-6-15(10-19,11-21)9-13-3-4-13/h13,21H,2-11H2,1H3/t15-/m1/s1. The summed E-state index contributed by atoms with van der Waals surface area (Å²) in [5, 5.41) is 21.2. The zero-order valence-corrected chi connectivity index (χ0v) is 13.2. The molecule has 0 unspecified atom stereocenters. The number of aliphatic hydroxyl groups excluding tert-OH is 1. The van der Waals surface area contributed by atoms with Crippen molar-refractivity contribution in [3.05, 3.63) is 5.82 Å². The Morgan fingerprint density at radius 3 is 2.91 bits per heavy atom. The molecule has 1 amide bonds. The molecular weight excluding hydrogens is 282 g/mol. The van der Waals surface area contributed by atoms with Crippen LogP contribution in [0.5, 0.6) is 0 Å². The Balaban J connectivity index is 1.56. The van der Waals surface area contributed by atoms with E-state index < -0.39 is 0 Å². The quantitative estimate of drug-likeness (QED) is 0.839. The molecule has 3 rings (SSSR count). The summed E-state index contributed by atoms with van der Waals surface area (Å²) in [7, 11) is 0. The Morgan fingerprint density at radius 1 is 1.45 bits per heavy atom. The molecule has 2 heterocycles. The molecule has 2 fully saturated rings. The average molecular weight is 307 g/mol. The van der Waals surface area contributed by atoms with Gasteiger partial charge >= 0.3 is 0 Å². The van der Waals surface area contributed by atoms with E-state index in [0.717, 1.165) is 37.5 Å². The Labute approximate surface area is 130 Å². The highest BCUT2D eigenvalue weighted by molar-refractivity contribution is 5.76. The Bertz CT molecular complexity index is 528. The van der Waals surface area contributed by atoms with Crippen LogP contribution in [-0.4, -0.2) is 55.8 Å². The van der Waals surface area contributed by atoms with Crippen molar-refractivity contribution >= 4 is 5.91 Å². The molecule has 1 aromatic rings. The first-order valence-corrected chi connectivity index (χ1v) is 8.23. The minimum Gasteiger partial charge on any atom is -0.396 e. The van der Waals surface area contributed by atoms with Crippen LogP contribution < -0.4 is 0 Å². The summed E-state index contributed by atoms with van der Waals surface area (Å²) >= 11 is 0. The zero-order valence-electron chi connectivity index (χ0n) is 13.2. The average Bonchev–Trinajstić information content (AvgIpc) is 3.24. The second-order valence-electron chi connectivity index (χ2n) is 6.92. The van der Waals surface area contributed by atoms with Gasteiger partial charge in [0.2, 0.25) is 5.91 Å². The van der Waals surface area contributed by atoms with E-state index in [-0.39, 0.29) is 17.9 Å². The van der Waals surface area contributed by atoms with E-state index in [0.29, 0.717) is 19.5 Å². The van der Waals surface area contributed by atoms with Gasteiger partial charge in [0.05, 0.1) is 13.2 Å². The molecule has 1 aliphatic heterocycles. The number of nitrogens with zero attached hydrogens (tertiary/aromatic N) is 5. The molecule has 0 aromatic carbocycles. The number of aryl methyl sites for hydroxylation is 2. The molecule has 7 nitrogen and oxygen atoms in total. The largest absolute Gasteiger partial charge is 0.396 e. The van der Waals surface area contributed by atoms with Gasteiger partial charge in [0.1, 0.15) is 5.82 Å². The summed E-state index contributed by atoms with van der Waals surface area (Å²) in [4.78, 5) is 14.4. The van der Waals surface area contributed by atoms with Crippen LogP contribution in [0.25, 0.3) is 0 Å². The lowest BCUT2D eigenvalue weighted by molar-refractivity contribution is -0.136. The fourth-order valence-electron chi connectivity index (χ4n) is 3.53. The maximum atomic E-state index is 12.5. The van der Waals surface area contributed by atoms with Gasteiger partial charge in [0, 0.05) is 24.9 Å². The molecule has 2 aliphatic rings. The fourth-order valence-corrected chi connectivity index (χ4v) is 3.53. The van der Waals surface area contributed by atoms with E-state index >= 15 is 0 Å². The monoisotopic (exact) mass is 307 g/mol. The maximum absolute atomic E-state index is 12.5. The predicted molar refractivity (Wildman–Crippen MR) is 79.8 cm³/mol. The zero-order chi connectivity index (χ0) is 15.6. The van der Waals surface area contributed by atoms with Gasteiger partial charge in [-0.25, -0.2) is 4.68 Å². The van der Waals surface area contributed by atoms with Crippen LogP contribution in [0.1, 0.15) is 44.3 Å². The summed E-state index contributed by atoms with van der Waals surface area (Å²) in [6.07, 6.45) is 6.08. The molecule has 1 N–H and O–H groups in total. The van der Waals surface area contributed by atoms with E-state index in [1.54, 1.807) is 4.68 Å². The Kier molecular flexibility index (Phi) is 4.42. The minimum atomic E-state index is -0.0696. The van der Waals surface area contributed by atoms with Crippen LogP contribution in [0.2, 0.25) is 0 Å². The van der Waals surface area contributed by atoms with E-state index in [2.05, 4.69) is 15.5 Å². The third-order valence-corrected chi connectivity index (χ3v) is 5.02. The number of carbonyl (C=O) groups is 1. The van der Waals surface area contributed by atoms with Crippen molar-refractivity contribution in [3.63, 3.8) is 0 Å². The molecule has 1 saturated heterocycles. The van der Waals surface area contributed by atoms with Crippen LogP contribution in [0.3, 0.4) is 0 Å². The molecule has 7 heteroatoms. The van der Waals surface area contributed by atoms with Crippen molar-refractivity contribution in [3.8, 4) is 0 Å². The van der Waals surface area contributed by atoms with Crippen LogP contribution in [0.15, 0.2) is 0 Å². The van der Waals surface area contributed by atoms with Crippen molar-refractivity contribution in [1.82, 2.24) is 25.1 Å². The van der Waals surface area contributed by atoms with Crippen molar-refractivity contribution in [2.45, 2.75) is 52.0 Å². The lowest BCUT2D eigenvalue weighted by Crippen LogP contribution is -2.48. The first-order chi connectivity index (χ1) is 10.6. The number of hydrogen-bond donors (Lipinski definition) is 1. The lowest BCUT2D eigenvalue weighted by atomic mass is 9.76. The number of aromatic nitrogens is 4. The van der Waals surface area contributed by atoms with Crippen molar-refractivity contribution < 1.29 is 9.90 Å². The number of amides is 1. The van der Waals surface area contributed by atoms with Crippen molar-refractivity contribution in [2.75, 3.05) is 19.7 Å². The third-order valence-electron chi connectivity index (χ3n) is 5.02. The second-order valence-corrected chi connectivity index (χ2v) is 6.92. The minimum absolute atomic E-state index is 0.0696. The molecule has 1 atom stereocenters. The summed E-state index contributed by atoms with van der Waals surface area (Å²) < 4.78 is 1.66. The third kappa shape index (κ3) is 3.45. The summed E-state index contributed by atoms with van der Waals surface area (Å²) in [5.74, 6) is 1.64. The second kappa shape index (κ2) is 6.32. The van der Waals surface area contributed by atoms with Gasteiger partial charge in [-0.05, 0) is 42.5 Å². The van der Waals surface area contributed by atoms with Gasteiger partial charge in [0.25, 0.3) is 0 Å². The van der Waals surface area contributed by atoms with Crippen LogP contribution in [0.4, 0.5) is 0 Å². The van der Waals surface area contributed by atoms with Gasteiger partial charge < -0.3 is 10.0 Å². The lowest BCUT2D eigenvalue weighted by Gasteiger charge is -2.42. The molecule has 22 heavy (non-hydrogen) atoms. The van der Waals surface area contributed by atoms with Crippen molar-refractivity contribution in [1.29, 1.82) is 0 Å². The van der Waals surface area contributed by atoms with Crippen LogP contribution >= 0.6 is 0 Å². The number of rotatable bonds is 6. The van der Waals surface area contributed by atoms with E-state index in [4.69, 9.17) is 0 Å². The molecule has 1 aliphatic carbocycles. The summed E-state index contributed by atoms with van der Waals surface area (Å²) in [5.41, 5.74) is -0.0696. The first kappa shape index (κ1) is 15.4. The highest BCUT2D eigenvalue weighted by Gasteiger charge is 2.40. The predicted octanol–water partition coefficient (Wildman–Crippen LogP) is 0.773. The topological polar surface area (TPSA) is 84.1 Å². The number of carbonyl (C=O) groups excluding carboxylic acids is 1. The van der Waals surface area contributed by atoms with Crippen LogP contribution in [0, 0.1) is 18.3 Å². The molecule has 122 valence electrons. The maximum Gasteiger partial charge on any atom is 0.224 e. The van der Waals surface area contributed by atoms with Gasteiger partial charge in [-0.3, -0.25) is 4.79 Å². The number of hydrogen-bond acceptors (Lipinski definition) is 5. The summed E-state index contributed by atoms with van der Waals surface area (Å²) in [6.45, 7) is 4.05. The molecule has 0 bridgehead atoms. The molecule has 1 saturated carbocycles. The number of tetrazole rings is 1. The van der Waals surface area contributed by atoms with E-state index in [9.17, 15) is 9.90 Å². The van der Waals surface area contributed by atoms with Gasteiger partial charge in [0.15, 0.2) is 0 Å². The fraction of sp³-hybridized carbons (Fsp3) is 0.867. The summed E-state index contributed by atoms with van der Waals surface area (Å²) in [6, 6.07) is 0. The highest BCUT2D eigenvalue weighted by atomic mass is 16.3. The highest BCUT2D eigenvalue weighted by Crippen LogP contribution is 2.44. The first-order valence-electron chi connectivity index (χ1n) is 8.23. The van der Waals surface area contributed by atoms with Gasteiger partial charge in [-0.1, -0.05) is 12.8 Å². The van der Waals surface area contributed by atoms with Crippen molar-refractivity contribution in [2.24, 2.45) is 11.3 Å². The smallest absolute Gasteiger partial charge is 0.224 e. The number of aliphatic hydroxyl groups is 1. The van der Waals surface area contributed by atoms with Gasteiger partial charge in [-0.2, -0.15) is 0 Å². The Hall–Kier alpha value is -1.50. The normalized spacial score (nSPS) is 25.5. The van der Waals surface area contributed by atoms with Gasteiger partial charge in [-0.15, -0.1) is 5.10 Å². The Morgan fingerprint density at radius 2 is 2.27 bits per heavy atom. The number of likely N-dealkylation sites (tertiary alicyclic amines) is 1. The van der Waals surface area contributed by atoms with E-state index in [1.807, 2.05) is 11.8 Å². The van der Waals surface area contributed by atoms with E-state index in [1.165, 1.54) is 12.8 Å². The molecule has 0 radical (unpaired) electrons. The molecule has 0 spiro atoms. The molecule has 1 aromatic heterocycles. The molecular formula is C15H25N5O2. The van der Waals surface area contributed by atoms with Crippen LogP contribution in [-0.2, 0) is 11.3 Å².